The molecule has 0 spiro atoms. The molecule has 2 aromatic carbocycles. The van der Waals surface area contributed by atoms with Crippen molar-refractivity contribution in [1.82, 2.24) is 4.90 Å². The predicted molar refractivity (Wildman–Crippen MR) is 88.1 cm³/mol. The molecule has 0 radical (unpaired) electrons. The number of carbonyl (C=O) groups excluding carboxylic acids is 1. The Bertz CT molecular complexity index is 687. The van der Waals surface area contributed by atoms with E-state index in [0.717, 1.165) is 5.56 Å². The van der Waals surface area contributed by atoms with Crippen LogP contribution in [0.2, 0.25) is 0 Å². The van der Waals surface area contributed by atoms with Crippen LogP contribution in [0.4, 0.5) is 0 Å². The lowest BCUT2D eigenvalue weighted by Gasteiger charge is -2.22. The van der Waals surface area contributed by atoms with Gasteiger partial charge in [-0.05, 0) is 24.6 Å². The summed E-state index contributed by atoms with van der Waals surface area (Å²) in [4.78, 5) is 15.1. The zero-order valence-corrected chi connectivity index (χ0v) is 13.5. The van der Waals surface area contributed by atoms with Gasteiger partial charge in [-0.2, -0.15) is 0 Å². The Hall–Kier alpha value is -1.94. The van der Waals surface area contributed by atoms with Crippen molar-refractivity contribution in [3.63, 3.8) is 0 Å². The Morgan fingerprint density at radius 3 is 2.09 bits per heavy atom. The van der Waals surface area contributed by atoms with Crippen molar-refractivity contribution in [2.75, 3.05) is 7.05 Å². The predicted octanol–water partition coefficient (Wildman–Crippen LogP) is 2.81. The third kappa shape index (κ3) is 2.48. The summed E-state index contributed by atoms with van der Waals surface area (Å²) in [6.45, 7) is 2.03. The molecule has 1 aliphatic rings. The Kier molecular flexibility index (Phi) is 4.12. The first kappa shape index (κ1) is 15.0. The normalized spacial score (nSPS) is 26.2. The van der Waals surface area contributed by atoms with Gasteiger partial charge in [0.05, 0.1) is 10.8 Å². The molecule has 0 aromatic heterocycles. The quantitative estimate of drug-likeness (QED) is 0.874. The molecule has 0 bridgehead atoms. The van der Waals surface area contributed by atoms with Gasteiger partial charge in [-0.3, -0.25) is 9.00 Å². The van der Waals surface area contributed by atoms with Crippen molar-refractivity contribution >= 4 is 16.7 Å². The number of carbonyl (C=O) groups is 1. The smallest absolute Gasteiger partial charge is 0.239 e. The van der Waals surface area contributed by atoms with Gasteiger partial charge in [0.25, 0.3) is 0 Å². The largest absolute Gasteiger partial charge is 0.341 e. The standard InChI is InChI=1S/C18H19NO2S/c1-13-16(14-9-5-3-6-10-14)17(18(20)19(13)2)22(21)15-11-7-4-8-12-15/h3-13,16-17H,1-2H3/t13-,16+,17?,22?/m0/s1. The van der Waals surface area contributed by atoms with E-state index >= 15 is 0 Å². The van der Waals surface area contributed by atoms with E-state index < -0.39 is 16.0 Å². The number of nitrogens with zero attached hydrogens (tertiary/aromatic N) is 1. The number of rotatable bonds is 3. The van der Waals surface area contributed by atoms with Crippen LogP contribution in [0.15, 0.2) is 65.6 Å². The van der Waals surface area contributed by atoms with Crippen LogP contribution in [0.25, 0.3) is 0 Å². The first-order chi connectivity index (χ1) is 10.6. The first-order valence-electron chi connectivity index (χ1n) is 7.38. The van der Waals surface area contributed by atoms with Gasteiger partial charge in [0.15, 0.2) is 0 Å². The second-order valence-electron chi connectivity index (χ2n) is 5.66. The minimum absolute atomic E-state index is 0.0348. The van der Waals surface area contributed by atoms with Crippen molar-refractivity contribution in [2.45, 2.75) is 29.0 Å². The number of amides is 1. The first-order valence-corrected chi connectivity index (χ1v) is 8.60. The van der Waals surface area contributed by atoms with Crippen LogP contribution in [-0.4, -0.2) is 33.4 Å². The lowest BCUT2D eigenvalue weighted by atomic mass is 9.92. The molecule has 0 aliphatic carbocycles. The molecule has 4 heteroatoms. The number of likely N-dealkylation sites (N-methyl/N-ethyl adjacent to an activating group) is 1. The monoisotopic (exact) mass is 313 g/mol. The van der Waals surface area contributed by atoms with Gasteiger partial charge in [0.1, 0.15) is 5.25 Å². The van der Waals surface area contributed by atoms with Crippen molar-refractivity contribution in [3.05, 3.63) is 66.2 Å². The topological polar surface area (TPSA) is 37.4 Å². The summed E-state index contributed by atoms with van der Waals surface area (Å²) in [7, 11) is 0.445. The van der Waals surface area contributed by atoms with Crippen LogP contribution in [-0.2, 0) is 15.6 Å². The summed E-state index contributed by atoms with van der Waals surface area (Å²) in [5, 5.41) is -0.523. The molecule has 2 aromatic rings. The highest BCUT2D eigenvalue weighted by atomic mass is 32.2. The molecule has 1 saturated heterocycles. The fourth-order valence-corrected chi connectivity index (χ4v) is 4.82. The number of benzene rings is 2. The van der Waals surface area contributed by atoms with Crippen LogP contribution in [0.1, 0.15) is 18.4 Å². The molecule has 114 valence electrons. The van der Waals surface area contributed by atoms with Gasteiger partial charge < -0.3 is 4.90 Å². The minimum Gasteiger partial charge on any atom is -0.341 e. The Balaban J connectivity index is 2.03. The average Bonchev–Trinajstić information content (AvgIpc) is 2.80. The van der Waals surface area contributed by atoms with Crippen molar-refractivity contribution < 1.29 is 9.00 Å². The Labute approximate surface area is 133 Å². The molecule has 1 aliphatic heterocycles. The van der Waals surface area contributed by atoms with E-state index in [1.807, 2.05) is 67.6 Å². The van der Waals surface area contributed by atoms with E-state index in [9.17, 15) is 9.00 Å². The molecule has 1 heterocycles. The molecule has 4 atom stereocenters. The van der Waals surface area contributed by atoms with Gasteiger partial charge in [0, 0.05) is 23.9 Å². The van der Waals surface area contributed by atoms with E-state index in [1.165, 1.54) is 0 Å². The van der Waals surface area contributed by atoms with Crippen LogP contribution in [0.5, 0.6) is 0 Å². The molecule has 1 amide bonds. The van der Waals surface area contributed by atoms with Gasteiger partial charge in [0.2, 0.25) is 5.91 Å². The zero-order chi connectivity index (χ0) is 15.7. The highest BCUT2D eigenvalue weighted by Gasteiger charge is 2.48. The molecule has 3 rings (SSSR count). The fourth-order valence-electron chi connectivity index (χ4n) is 3.10. The molecule has 22 heavy (non-hydrogen) atoms. The van der Waals surface area contributed by atoms with Crippen LogP contribution >= 0.6 is 0 Å². The summed E-state index contributed by atoms with van der Waals surface area (Å²) in [6, 6.07) is 19.2. The van der Waals surface area contributed by atoms with Crippen molar-refractivity contribution in [1.29, 1.82) is 0 Å². The Morgan fingerprint density at radius 2 is 1.50 bits per heavy atom. The summed E-state index contributed by atoms with van der Waals surface area (Å²) in [6.07, 6.45) is 0. The third-order valence-corrected chi connectivity index (χ3v) is 6.13. The van der Waals surface area contributed by atoms with Gasteiger partial charge in [-0.15, -0.1) is 0 Å². The highest BCUT2D eigenvalue weighted by molar-refractivity contribution is 7.86. The Morgan fingerprint density at radius 1 is 0.955 bits per heavy atom. The number of hydrogen-bond acceptors (Lipinski definition) is 2. The highest BCUT2D eigenvalue weighted by Crippen LogP contribution is 2.38. The molecule has 3 nitrogen and oxygen atoms in total. The van der Waals surface area contributed by atoms with Crippen LogP contribution < -0.4 is 0 Å². The molecular formula is C18H19NO2S. The summed E-state index contributed by atoms with van der Waals surface area (Å²) in [5.74, 6) is -0.0942. The molecular weight excluding hydrogens is 294 g/mol. The van der Waals surface area contributed by atoms with E-state index in [0.29, 0.717) is 4.90 Å². The second-order valence-corrected chi connectivity index (χ2v) is 7.23. The molecule has 2 unspecified atom stereocenters. The maximum atomic E-state index is 13.0. The van der Waals surface area contributed by atoms with Gasteiger partial charge in [-0.25, -0.2) is 0 Å². The minimum atomic E-state index is -1.35. The van der Waals surface area contributed by atoms with Crippen LogP contribution in [0.3, 0.4) is 0 Å². The van der Waals surface area contributed by atoms with E-state index in [2.05, 4.69) is 0 Å². The lowest BCUT2D eigenvalue weighted by Crippen LogP contribution is -2.30. The maximum absolute atomic E-state index is 13.0. The molecule has 1 fully saturated rings. The van der Waals surface area contributed by atoms with E-state index in [1.54, 1.807) is 11.9 Å². The number of likely N-dealkylation sites (tertiary alicyclic amines) is 1. The van der Waals surface area contributed by atoms with E-state index in [-0.39, 0.29) is 17.9 Å². The molecule has 0 N–H and O–H groups in total. The SMILES string of the molecule is C[C@H]1[C@H](c2ccccc2)C(S(=O)c2ccccc2)C(=O)N1C. The summed E-state index contributed by atoms with van der Waals surface area (Å²) < 4.78 is 13.0. The second kappa shape index (κ2) is 6.05. The lowest BCUT2D eigenvalue weighted by molar-refractivity contribution is -0.127. The zero-order valence-electron chi connectivity index (χ0n) is 12.7. The summed E-state index contributed by atoms with van der Waals surface area (Å²) >= 11 is 0. The number of hydrogen-bond donors (Lipinski definition) is 0. The van der Waals surface area contributed by atoms with Gasteiger partial charge >= 0.3 is 0 Å². The molecule has 0 saturated carbocycles. The van der Waals surface area contributed by atoms with E-state index in [4.69, 9.17) is 0 Å². The fraction of sp³-hybridized carbons (Fsp3) is 0.278. The maximum Gasteiger partial charge on any atom is 0.239 e. The van der Waals surface area contributed by atoms with Crippen LogP contribution in [0, 0.1) is 0 Å². The van der Waals surface area contributed by atoms with Crippen molar-refractivity contribution in [3.8, 4) is 0 Å². The van der Waals surface area contributed by atoms with Gasteiger partial charge in [-0.1, -0.05) is 48.5 Å². The average molecular weight is 313 g/mol. The third-order valence-electron chi connectivity index (χ3n) is 4.44. The summed E-state index contributed by atoms with van der Waals surface area (Å²) in [5.41, 5.74) is 1.07. The van der Waals surface area contributed by atoms with Crippen molar-refractivity contribution in [2.24, 2.45) is 0 Å².